The van der Waals surface area contributed by atoms with Gasteiger partial charge in [-0.3, -0.25) is 9.48 Å². The van der Waals surface area contributed by atoms with Crippen LogP contribution in [0, 0.1) is 0 Å². The molecule has 0 fully saturated rings. The van der Waals surface area contributed by atoms with Crippen molar-refractivity contribution in [2.75, 3.05) is 20.8 Å². The molecular formula is C22H25N3O3. The van der Waals surface area contributed by atoms with Gasteiger partial charge >= 0.3 is 0 Å². The number of amides is 1. The fourth-order valence-corrected chi connectivity index (χ4v) is 3.03. The lowest BCUT2D eigenvalue weighted by molar-refractivity contribution is 0.0742. The number of aliphatic hydroxyl groups is 1. The summed E-state index contributed by atoms with van der Waals surface area (Å²) >= 11 is 0. The molecule has 1 amide bonds. The zero-order valence-corrected chi connectivity index (χ0v) is 16.4. The molecule has 6 heteroatoms. The van der Waals surface area contributed by atoms with Crippen LogP contribution in [-0.4, -0.2) is 46.5 Å². The molecule has 1 heterocycles. The first-order valence-electron chi connectivity index (χ1n) is 9.18. The Morgan fingerprint density at radius 3 is 2.43 bits per heavy atom. The molecule has 0 saturated heterocycles. The van der Waals surface area contributed by atoms with E-state index in [2.05, 4.69) is 5.10 Å². The van der Waals surface area contributed by atoms with E-state index >= 15 is 0 Å². The molecule has 0 aliphatic heterocycles. The lowest BCUT2D eigenvalue weighted by Gasteiger charge is -2.25. The van der Waals surface area contributed by atoms with Crippen molar-refractivity contribution in [2.45, 2.75) is 19.5 Å². The van der Waals surface area contributed by atoms with Gasteiger partial charge in [-0.25, -0.2) is 0 Å². The number of rotatable bonds is 7. The van der Waals surface area contributed by atoms with E-state index in [4.69, 9.17) is 9.84 Å². The van der Waals surface area contributed by atoms with Gasteiger partial charge in [0.2, 0.25) is 0 Å². The maximum absolute atomic E-state index is 12.9. The molecule has 1 N–H and O–H groups in total. The van der Waals surface area contributed by atoms with Crippen LogP contribution in [-0.2, 0) is 6.54 Å². The Bertz CT molecular complexity index is 917. The van der Waals surface area contributed by atoms with Crippen molar-refractivity contribution in [1.29, 1.82) is 0 Å². The van der Waals surface area contributed by atoms with E-state index in [1.807, 2.05) is 68.7 Å². The van der Waals surface area contributed by atoms with Gasteiger partial charge in [0.05, 0.1) is 32.5 Å². The van der Waals surface area contributed by atoms with Crippen LogP contribution in [0.4, 0.5) is 0 Å². The molecule has 0 aliphatic rings. The van der Waals surface area contributed by atoms with Gasteiger partial charge in [0, 0.05) is 24.4 Å². The first-order valence-corrected chi connectivity index (χ1v) is 9.18. The number of aliphatic hydroxyl groups excluding tert-OH is 1. The summed E-state index contributed by atoms with van der Waals surface area (Å²) in [5.74, 6) is 0.758. The average molecular weight is 379 g/mol. The maximum Gasteiger partial charge on any atom is 0.254 e. The molecule has 0 aliphatic carbocycles. The van der Waals surface area contributed by atoms with Crippen molar-refractivity contribution >= 4 is 5.91 Å². The fourth-order valence-electron chi connectivity index (χ4n) is 3.03. The van der Waals surface area contributed by atoms with Gasteiger partial charge in [-0.15, -0.1) is 0 Å². The summed E-state index contributed by atoms with van der Waals surface area (Å²) in [6.07, 6.45) is 3.63. The lowest BCUT2D eigenvalue weighted by atomic mass is 10.0. The van der Waals surface area contributed by atoms with E-state index in [1.54, 1.807) is 22.9 Å². The van der Waals surface area contributed by atoms with Gasteiger partial charge in [0.1, 0.15) is 5.75 Å². The van der Waals surface area contributed by atoms with E-state index in [0.717, 1.165) is 22.4 Å². The average Bonchev–Trinajstić information content (AvgIpc) is 3.21. The molecule has 0 saturated carbocycles. The number of nitrogens with zero attached hydrogens (tertiary/aromatic N) is 3. The van der Waals surface area contributed by atoms with E-state index in [1.165, 1.54) is 0 Å². The molecule has 0 bridgehead atoms. The Balaban J connectivity index is 1.72. The molecule has 28 heavy (non-hydrogen) atoms. The molecule has 3 rings (SSSR count). The van der Waals surface area contributed by atoms with Crippen LogP contribution in [0.5, 0.6) is 5.75 Å². The summed E-state index contributed by atoms with van der Waals surface area (Å²) in [5, 5.41) is 13.2. The number of benzene rings is 2. The molecule has 146 valence electrons. The van der Waals surface area contributed by atoms with Gasteiger partial charge in [-0.1, -0.05) is 24.3 Å². The SMILES string of the molecule is COc1ccc([C@H](C)N(C)C(=O)c2ccc(-c3cnn(CCO)c3)cc2)cc1. The van der Waals surface area contributed by atoms with E-state index in [-0.39, 0.29) is 18.6 Å². The van der Waals surface area contributed by atoms with Crippen LogP contribution in [0.1, 0.15) is 28.9 Å². The topological polar surface area (TPSA) is 67.6 Å². The summed E-state index contributed by atoms with van der Waals surface area (Å²) in [7, 11) is 3.44. The van der Waals surface area contributed by atoms with Gasteiger partial charge < -0.3 is 14.7 Å². The number of aromatic nitrogens is 2. The monoisotopic (exact) mass is 379 g/mol. The highest BCUT2D eigenvalue weighted by Crippen LogP contribution is 2.24. The highest BCUT2D eigenvalue weighted by Gasteiger charge is 2.19. The zero-order valence-electron chi connectivity index (χ0n) is 16.4. The van der Waals surface area contributed by atoms with Crippen LogP contribution in [0.15, 0.2) is 60.9 Å². The normalized spacial score (nSPS) is 11.9. The van der Waals surface area contributed by atoms with Gasteiger partial charge in [-0.05, 0) is 42.3 Å². The summed E-state index contributed by atoms with van der Waals surface area (Å²) in [6, 6.07) is 15.2. The predicted octanol–water partition coefficient (Wildman–Crippen LogP) is 3.38. The minimum Gasteiger partial charge on any atom is -0.497 e. The molecule has 0 spiro atoms. The number of carbonyl (C=O) groups excluding carboxylic acids is 1. The van der Waals surface area contributed by atoms with Crippen molar-refractivity contribution < 1.29 is 14.6 Å². The first-order chi connectivity index (χ1) is 13.5. The number of hydrogen-bond acceptors (Lipinski definition) is 4. The second kappa shape index (κ2) is 8.71. The Kier molecular flexibility index (Phi) is 6.11. The predicted molar refractivity (Wildman–Crippen MR) is 108 cm³/mol. The van der Waals surface area contributed by atoms with E-state index in [9.17, 15) is 4.79 Å². The zero-order chi connectivity index (χ0) is 20.1. The minimum absolute atomic E-state index is 0.0363. The van der Waals surface area contributed by atoms with Crippen LogP contribution in [0.3, 0.4) is 0 Å². The van der Waals surface area contributed by atoms with Gasteiger partial charge in [0.25, 0.3) is 5.91 Å². The van der Waals surface area contributed by atoms with Crippen LogP contribution >= 0.6 is 0 Å². The van der Waals surface area contributed by atoms with Crippen molar-refractivity contribution in [3.8, 4) is 16.9 Å². The third-order valence-electron chi connectivity index (χ3n) is 4.93. The fraction of sp³-hybridized carbons (Fsp3) is 0.273. The first kappa shape index (κ1) is 19.6. The smallest absolute Gasteiger partial charge is 0.254 e. The maximum atomic E-state index is 12.9. The molecular weight excluding hydrogens is 354 g/mol. The van der Waals surface area contributed by atoms with Gasteiger partial charge in [-0.2, -0.15) is 5.10 Å². The Morgan fingerprint density at radius 2 is 1.82 bits per heavy atom. The summed E-state index contributed by atoms with van der Waals surface area (Å²) in [6.45, 7) is 2.52. The Morgan fingerprint density at radius 1 is 1.14 bits per heavy atom. The second-order valence-electron chi connectivity index (χ2n) is 6.66. The Hall–Kier alpha value is -3.12. The summed E-state index contributed by atoms with van der Waals surface area (Å²) < 4.78 is 6.88. The Labute approximate surface area is 165 Å². The van der Waals surface area contributed by atoms with E-state index < -0.39 is 0 Å². The highest BCUT2D eigenvalue weighted by molar-refractivity contribution is 5.94. The second-order valence-corrected chi connectivity index (χ2v) is 6.66. The molecule has 6 nitrogen and oxygen atoms in total. The highest BCUT2D eigenvalue weighted by atomic mass is 16.5. The quantitative estimate of drug-likeness (QED) is 0.683. The van der Waals surface area contributed by atoms with Crippen LogP contribution < -0.4 is 4.74 Å². The van der Waals surface area contributed by atoms with E-state index in [0.29, 0.717) is 12.1 Å². The number of carbonyl (C=O) groups is 1. The number of hydrogen-bond donors (Lipinski definition) is 1. The molecule has 3 aromatic rings. The third kappa shape index (κ3) is 4.23. The van der Waals surface area contributed by atoms with Crippen molar-refractivity contribution in [1.82, 2.24) is 14.7 Å². The molecule has 0 radical (unpaired) electrons. The number of ether oxygens (including phenoxy) is 1. The summed E-state index contributed by atoms with van der Waals surface area (Å²) in [4.78, 5) is 14.6. The minimum atomic E-state index is -0.0604. The molecule has 1 atom stereocenters. The largest absolute Gasteiger partial charge is 0.497 e. The molecule has 1 aromatic heterocycles. The third-order valence-corrected chi connectivity index (χ3v) is 4.93. The van der Waals surface area contributed by atoms with Crippen molar-refractivity contribution in [3.05, 3.63) is 72.1 Å². The summed E-state index contributed by atoms with van der Waals surface area (Å²) in [5.41, 5.74) is 3.61. The lowest BCUT2D eigenvalue weighted by Crippen LogP contribution is -2.29. The van der Waals surface area contributed by atoms with Crippen molar-refractivity contribution in [3.63, 3.8) is 0 Å². The molecule has 0 unspecified atom stereocenters. The van der Waals surface area contributed by atoms with Crippen LogP contribution in [0.25, 0.3) is 11.1 Å². The molecule has 2 aromatic carbocycles. The number of methoxy groups -OCH3 is 1. The van der Waals surface area contributed by atoms with Crippen molar-refractivity contribution in [2.24, 2.45) is 0 Å². The van der Waals surface area contributed by atoms with Gasteiger partial charge in [0.15, 0.2) is 0 Å². The van der Waals surface area contributed by atoms with Crippen LogP contribution in [0.2, 0.25) is 0 Å². The standard InChI is InChI=1S/C22H25N3O3/c1-16(17-8-10-21(28-3)11-9-17)24(2)22(27)19-6-4-18(5-7-19)20-14-23-25(15-20)12-13-26/h4-11,14-16,26H,12-13H2,1-3H3/t16-/m0/s1.